The zero-order chi connectivity index (χ0) is 9.68. The number of amides is 1. The Labute approximate surface area is 77.6 Å². The molecule has 1 aliphatic heterocycles. The highest BCUT2D eigenvalue weighted by Crippen LogP contribution is 2.16. The fourth-order valence-electron chi connectivity index (χ4n) is 1.47. The summed E-state index contributed by atoms with van der Waals surface area (Å²) in [6.07, 6.45) is 2.36. The molecule has 74 valence electrons. The molecule has 1 heterocycles. The predicted octanol–water partition coefficient (Wildman–Crippen LogP) is 0.466. The van der Waals surface area contributed by atoms with Gasteiger partial charge >= 0.3 is 5.97 Å². The van der Waals surface area contributed by atoms with Crippen LogP contribution in [-0.4, -0.2) is 25.0 Å². The molecule has 0 aromatic carbocycles. The van der Waals surface area contributed by atoms with Crippen molar-refractivity contribution in [2.75, 3.05) is 13.2 Å². The van der Waals surface area contributed by atoms with Crippen LogP contribution in [0.5, 0.6) is 0 Å². The predicted molar refractivity (Wildman–Crippen MR) is 47.0 cm³/mol. The average molecular weight is 185 g/mol. The molecule has 0 radical (unpaired) electrons. The maximum Gasteiger partial charge on any atom is 0.302 e. The molecule has 1 atom stereocenters. The molecule has 0 saturated carbocycles. The third-order valence-corrected chi connectivity index (χ3v) is 2.18. The van der Waals surface area contributed by atoms with Crippen molar-refractivity contribution in [3.63, 3.8) is 0 Å². The Bertz CT molecular complexity index is 203. The lowest BCUT2D eigenvalue weighted by atomic mass is 9.95. The molecular weight excluding hydrogens is 170 g/mol. The van der Waals surface area contributed by atoms with E-state index in [1.54, 1.807) is 0 Å². The molecule has 1 aliphatic rings. The molecule has 1 saturated heterocycles. The summed E-state index contributed by atoms with van der Waals surface area (Å²) in [5.41, 5.74) is 0. The highest BCUT2D eigenvalue weighted by atomic mass is 16.5. The summed E-state index contributed by atoms with van der Waals surface area (Å²) < 4.78 is 4.81. The number of carbonyl (C=O) groups excluding carboxylic acids is 2. The van der Waals surface area contributed by atoms with E-state index in [1.165, 1.54) is 6.92 Å². The van der Waals surface area contributed by atoms with Crippen LogP contribution in [-0.2, 0) is 14.3 Å². The minimum atomic E-state index is -0.250. The summed E-state index contributed by atoms with van der Waals surface area (Å²) >= 11 is 0. The van der Waals surface area contributed by atoms with Gasteiger partial charge in [0.05, 0.1) is 6.61 Å². The standard InChI is InChI=1S/C9H15NO3/c1-7(11)13-5-3-8-2-4-10-9(12)6-8/h8H,2-6H2,1H3,(H,10,12). The van der Waals surface area contributed by atoms with Crippen LogP contribution in [0.1, 0.15) is 26.2 Å². The summed E-state index contributed by atoms with van der Waals surface area (Å²) in [6.45, 7) is 2.59. The second kappa shape index (κ2) is 4.84. The number of rotatable bonds is 3. The molecule has 13 heavy (non-hydrogen) atoms. The molecule has 0 aromatic heterocycles. The van der Waals surface area contributed by atoms with Crippen molar-refractivity contribution in [1.82, 2.24) is 5.32 Å². The first-order valence-electron chi connectivity index (χ1n) is 4.58. The fraction of sp³-hybridized carbons (Fsp3) is 0.778. The maximum atomic E-state index is 11.0. The molecular formula is C9H15NO3. The fourth-order valence-corrected chi connectivity index (χ4v) is 1.47. The van der Waals surface area contributed by atoms with E-state index in [2.05, 4.69) is 5.32 Å². The summed E-state index contributed by atoms with van der Waals surface area (Å²) in [5, 5.41) is 2.76. The van der Waals surface area contributed by atoms with Gasteiger partial charge in [0.25, 0.3) is 0 Å². The van der Waals surface area contributed by atoms with Gasteiger partial charge in [0.2, 0.25) is 5.91 Å². The molecule has 0 spiro atoms. The molecule has 0 aromatic rings. The second-order valence-electron chi connectivity index (χ2n) is 3.34. The summed E-state index contributed by atoms with van der Waals surface area (Å²) in [6, 6.07) is 0. The Morgan fingerprint density at radius 1 is 1.69 bits per heavy atom. The Balaban J connectivity index is 2.13. The monoisotopic (exact) mass is 185 g/mol. The zero-order valence-electron chi connectivity index (χ0n) is 7.84. The number of esters is 1. The Hall–Kier alpha value is -1.06. The van der Waals surface area contributed by atoms with E-state index in [0.717, 1.165) is 19.4 Å². The Morgan fingerprint density at radius 3 is 3.08 bits per heavy atom. The van der Waals surface area contributed by atoms with Gasteiger partial charge in [0.15, 0.2) is 0 Å². The minimum Gasteiger partial charge on any atom is -0.466 e. The van der Waals surface area contributed by atoms with E-state index in [-0.39, 0.29) is 11.9 Å². The molecule has 1 N–H and O–H groups in total. The third-order valence-electron chi connectivity index (χ3n) is 2.18. The number of piperidine rings is 1. The lowest BCUT2D eigenvalue weighted by Crippen LogP contribution is -2.33. The van der Waals surface area contributed by atoms with Crippen molar-refractivity contribution in [2.24, 2.45) is 5.92 Å². The van der Waals surface area contributed by atoms with E-state index in [1.807, 2.05) is 0 Å². The van der Waals surface area contributed by atoms with Crippen LogP contribution in [0.4, 0.5) is 0 Å². The smallest absolute Gasteiger partial charge is 0.302 e. The van der Waals surface area contributed by atoms with Crippen LogP contribution in [0.2, 0.25) is 0 Å². The summed E-state index contributed by atoms with van der Waals surface area (Å²) in [7, 11) is 0. The van der Waals surface area contributed by atoms with Gasteiger partial charge in [-0.3, -0.25) is 9.59 Å². The van der Waals surface area contributed by atoms with E-state index in [4.69, 9.17) is 4.74 Å². The van der Waals surface area contributed by atoms with Crippen molar-refractivity contribution < 1.29 is 14.3 Å². The maximum absolute atomic E-state index is 11.0. The van der Waals surface area contributed by atoms with Gasteiger partial charge < -0.3 is 10.1 Å². The molecule has 0 aliphatic carbocycles. The minimum absolute atomic E-state index is 0.110. The third kappa shape index (κ3) is 3.92. The van der Waals surface area contributed by atoms with Crippen LogP contribution in [0.3, 0.4) is 0 Å². The first-order chi connectivity index (χ1) is 6.18. The topological polar surface area (TPSA) is 55.4 Å². The van der Waals surface area contributed by atoms with Crippen LogP contribution in [0.25, 0.3) is 0 Å². The molecule has 0 bridgehead atoms. The first-order valence-corrected chi connectivity index (χ1v) is 4.58. The zero-order valence-corrected chi connectivity index (χ0v) is 7.84. The van der Waals surface area contributed by atoms with Crippen molar-refractivity contribution in [1.29, 1.82) is 0 Å². The van der Waals surface area contributed by atoms with Gasteiger partial charge in [-0.25, -0.2) is 0 Å². The van der Waals surface area contributed by atoms with Crippen molar-refractivity contribution in [3.05, 3.63) is 0 Å². The lowest BCUT2D eigenvalue weighted by Gasteiger charge is -2.21. The van der Waals surface area contributed by atoms with Crippen molar-refractivity contribution in [3.8, 4) is 0 Å². The molecule has 1 unspecified atom stereocenters. The quantitative estimate of drug-likeness (QED) is 0.650. The Kier molecular flexibility index (Phi) is 3.73. The van der Waals surface area contributed by atoms with E-state index in [0.29, 0.717) is 18.9 Å². The van der Waals surface area contributed by atoms with Crippen LogP contribution in [0, 0.1) is 5.92 Å². The van der Waals surface area contributed by atoms with E-state index >= 15 is 0 Å². The highest BCUT2D eigenvalue weighted by Gasteiger charge is 2.18. The number of nitrogens with one attached hydrogen (secondary N) is 1. The van der Waals surface area contributed by atoms with Gasteiger partial charge in [-0.2, -0.15) is 0 Å². The lowest BCUT2D eigenvalue weighted by molar-refractivity contribution is -0.141. The molecule has 1 rings (SSSR count). The number of hydrogen-bond acceptors (Lipinski definition) is 3. The van der Waals surface area contributed by atoms with Gasteiger partial charge in [0, 0.05) is 19.9 Å². The van der Waals surface area contributed by atoms with Crippen LogP contribution >= 0.6 is 0 Å². The molecule has 1 amide bonds. The summed E-state index contributed by atoms with van der Waals surface area (Å²) in [4.78, 5) is 21.4. The van der Waals surface area contributed by atoms with Crippen molar-refractivity contribution >= 4 is 11.9 Å². The Morgan fingerprint density at radius 2 is 2.46 bits per heavy atom. The summed E-state index contributed by atoms with van der Waals surface area (Å²) in [5.74, 6) is 0.243. The molecule has 4 nitrogen and oxygen atoms in total. The van der Waals surface area contributed by atoms with E-state index in [9.17, 15) is 9.59 Å². The van der Waals surface area contributed by atoms with Gasteiger partial charge in [-0.15, -0.1) is 0 Å². The van der Waals surface area contributed by atoms with E-state index < -0.39 is 0 Å². The molecule has 4 heteroatoms. The van der Waals surface area contributed by atoms with Gasteiger partial charge in [0.1, 0.15) is 0 Å². The number of carbonyl (C=O) groups is 2. The van der Waals surface area contributed by atoms with Crippen molar-refractivity contribution in [2.45, 2.75) is 26.2 Å². The normalized spacial score (nSPS) is 22.2. The average Bonchev–Trinajstić information content (AvgIpc) is 2.03. The van der Waals surface area contributed by atoms with Crippen LogP contribution < -0.4 is 5.32 Å². The van der Waals surface area contributed by atoms with Gasteiger partial charge in [-0.1, -0.05) is 0 Å². The molecule has 1 fully saturated rings. The highest BCUT2D eigenvalue weighted by molar-refractivity contribution is 5.76. The number of ether oxygens (including phenoxy) is 1. The van der Waals surface area contributed by atoms with Gasteiger partial charge in [-0.05, 0) is 18.8 Å². The SMILES string of the molecule is CC(=O)OCCC1CCNC(=O)C1. The number of hydrogen-bond donors (Lipinski definition) is 1. The first kappa shape index (κ1) is 10.0. The second-order valence-corrected chi connectivity index (χ2v) is 3.34. The van der Waals surface area contributed by atoms with Crippen LogP contribution in [0.15, 0.2) is 0 Å². The largest absolute Gasteiger partial charge is 0.466 e.